The van der Waals surface area contributed by atoms with Crippen LogP contribution in [-0.2, 0) is 9.84 Å². The molecule has 2 fully saturated rings. The van der Waals surface area contributed by atoms with Gasteiger partial charge in [-0.2, -0.15) is 0 Å². The number of nitrogens with zero attached hydrogens (tertiary/aromatic N) is 1. The molecular weight excluding hydrogens is 396 g/mol. The van der Waals surface area contributed by atoms with E-state index in [9.17, 15) is 13.2 Å². The van der Waals surface area contributed by atoms with Crippen LogP contribution in [0, 0.1) is 5.41 Å². The molecule has 0 bridgehead atoms. The number of sulfone groups is 1. The molecule has 1 saturated heterocycles. The topological polar surface area (TPSA) is 66.5 Å². The Morgan fingerprint density at radius 2 is 1.73 bits per heavy atom. The van der Waals surface area contributed by atoms with Crippen molar-refractivity contribution in [1.82, 2.24) is 0 Å². The van der Waals surface area contributed by atoms with Crippen molar-refractivity contribution in [2.24, 2.45) is 5.41 Å². The summed E-state index contributed by atoms with van der Waals surface area (Å²) in [6.45, 7) is 5.95. The first kappa shape index (κ1) is 20.9. The SMILES string of the molecule is CC(C)c1cccc(NC(=O)c2ccc(S(C)(=O)=O)cc2N2CCC3(CC2)CC3)c1. The van der Waals surface area contributed by atoms with Crippen molar-refractivity contribution >= 4 is 27.1 Å². The summed E-state index contributed by atoms with van der Waals surface area (Å²) in [7, 11) is -3.35. The van der Waals surface area contributed by atoms with E-state index in [1.807, 2.05) is 24.3 Å². The van der Waals surface area contributed by atoms with Crippen LogP contribution in [0.25, 0.3) is 0 Å². The molecule has 1 heterocycles. The highest BCUT2D eigenvalue weighted by molar-refractivity contribution is 7.90. The maximum Gasteiger partial charge on any atom is 0.257 e. The molecule has 2 aromatic rings. The molecule has 4 rings (SSSR count). The van der Waals surface area contributed by atoms with E-state index in [-0.39, 0.29) is 10.8 Å². The maximum atomic E-state index is 13.2. The fourth-order valence-electron chi connectivity index (χ4n) is 4.27. The predicted molar refractivity (Wildman–Crippen MR) is 121 cm³/mol. The average molecular weight is 427 g/mol. The van der Waals surface area contributed by atoms with Crippen molar-refractivity contribution in [2.75, 3.05) is 29.6 Å². The van der Waals surface area contributed by atoms with Crippen molar-refractivity contribution < 1.29 is 13.2 Å². The number of anilines is 2. The van der Waals surface area contributed by atoms with Gasteiger partial charge in [0.1, 0.15) is 0 Å². The van der Waals surface area contributed by atoms with E-state index >= 15 is 0 Å². The molecule has 1 amide bonds. The van der Waals surface area contributed by atoms with Crippen molar-refractivity contribution in [3.63, 3.8) is 0 Å². The molecule has 6 heteroatoms. The third-order valence-electron chi connectivity index (χ3n) is 6.58. The monoisotopic (exact) mass is 426 g/mol. The predicted octanol–water partition coefficient (Wildman–Crippen LogP) is 4.85. The number of piperidine rings is 1. The third kappa shape index (κ3) is 4.38. The molecule has 0 atom stereocenters. The summed E-state index contributed by atoms with van der Waals surface area (Å²) in [4.78, 5) is 15.6. The van der Waals surface area contributed by atoms with E-state index in [0.717, 1.165) is 37.2 Å². The third-order valence-corrected chi connectivity index (χ3v) is 7.69. The van der Waals surface area contributed by atoms with Crippen molar-refractivity contribution in [2.45, 2.75) is 50.3 Å². The summed E-state index contributed by atoms with van der Waals surface area (Å²) in [5.41, 5.74) is 3.64. The number of carbonyl (C=O) groups excluding carboxylic acids is 1. The van der Waals surface area contributed by atoms with E-state index < -0.39 is 9.84 Å². The minimum Gasteiger partial charge on any atom is -0.371 e. The first-order chi connectivity index (χ1) is 14.2. The van der Waals surface area contributed by atoms with E-state index in [1.54, 1.807) is 12.1 Å². The molecule has 30 heavy (non-hydrogen) atoms. The first-order valence-electron chi connectivity index (χ1n) is 10.7. The van der Waals surface area contributed by atoms with Crippen LogP contribution < -0.4 is 10.2 Å². The van der Waals surface area contributed by atoms with Crippen LogP contribution in [-0.4, -0.2) is 33.7 Å². The Morgan fingerprint density at radius 1 is 1.03 bits per heavy atom. The largest absolute Gasteiger partial charge is 0.371 e. The molecule has 160 valence electrons. The van der Waals surface area contributed by atoms with Crippen molar-refractivity contribution in [3.05, 3.63) is 53.6 Å². The van der Waals surface area contributed by atoms with Crippen molar-refractivity contribution in [3.8, 4) is 0 Å². The second kappa shape index (κ2) is 7.73. The number of amides is 1. The normalized spacial score (nSPS) is 17.9. The van der Waals surface area contributed by atoms with Gasteiger partial charge < -0.3 is 10.2 Å². The van der Waals surface area contributed by atoms with Crippen LogP contribution in [0.2, 0.25) is 0 Å². The molecule has 0 aromatic heterocycles. The second-order valence-corrected chi connectivity index (χ2v) is 11.2. The number of hydrogen-bond donors (Lipinski definition) is 1. The highest BCUT2D eigenvalue weighted by atomic mass is 32.2. The van der Waals surface area contributed by atoms with Gasteiger partial charge >= 0.3 is 0 Å². The lowest BCUT2D eigenvalue weighted by atomic mass is 9.93. The summed E-state index contributed by atoms with van der Waals surface area (Å²) in [5, 5.41) is 3.00. The summed E-state index contributed by atoms with van der Waals surface area (Å²) in [6, 6.07) is 12.7. The van der Waals surface area contributed by atoms with Gasteiger partial charge in [0.2, 0.25) is 0 Å². The lowest BCUT2D eigenvalue weighted by Gasteiger charge is -2.35. The Bertz CT molecular complexity index is 1060. The first-order valence-corrected chi connectivity index (χ1v) is 12.6. The van der Waals surface area contributed by atoms with Gasteiger partial charge in [-0.3, -0.25) is 4.79 Å². The second-order valence-electron chi connectivity index (χ2n) is 9.17. The Hall–Kier alpha value is -2.34. The molecule has 1 spiro atoms. The molecule has 5 nitrogen and oxygen atoms in total. The van der Waals surface area contributed by atoms with E-state index in [2.05, 4.69) is 24.1 Å². The summed E-state index contributed by atoms with van der Waals surface area (Å²) < 4.78 is 24.3. The zero-order valence-corrected chi connectivity index (χ0v) is 18.8. The molecule has 1 N–H and O–H groups in total. The van der Waals surface area contributed by atoms with Crippen molar-refractivity contribution in [1.29, 1.82) is 0 Å². The van der Waals surface area contributed by atoms with Gasteiger partial charge in [-0.1, -0.05) is 26.0 Å². The van der Waals surface area contributed by atoms with E-state index in [1.165, 1.54) is 25.2 Å². The highest BCUT2D eigenvalue weighted by Crippen LogP contribution is 2.54. The molecule has 0 radical (unpaired) electrons. The van der Waals surface area contributed by atoms with Crippen LogP contribution in [0.15, 0.2) is 47.4 Å². The molecule has 0 unspecified atom stereocenters. The quantitative estimate of drug-likeness (QED) is 0.742. The molecule has 1 aliphatic heterocycles. The number of benzene rings is 2. The molecule has 2 aliphatic rings. The fourth-order valence-corrected chi connectivity index (χ4v) is 4.91. The van der Waals surface area contributed by atoms with Crippen LogP contribution >= 0.6 is 0 Å². The van der Waals surface area contributed by atoms with Crippen LogP contribution in [0.5, 0.6) is 0 Å². The van der Waals surface area contributed by atoms with Gasteiger partial charge in [0.15, 0.2) is 9.84 Å². The summed E-state index contributed by atoms with van der Waals surface area (Å²) in [6.07, 6.45) is 6.01. The standard InChI is InChI=1S/C24H30N2O3S/c1-17(2)18-5-4-6-19(15-18)25-23(27)21-8-7-20(30(3,28)29)16-22(21)26-13-11-24(9-10-24)12-14-26/h4-8,15-17H,9-14H2,1-3H3,(H,25,27). The lowest BCUT2D eigenvalue weighted by Crippen LogP contribution is -2.35. The number of hydrogen-bond acceptors (Lipinski definition) is 4. The van der Waals surface area contributed by atoms with Crippen LogP contribution in [0.3, 0.4) is 0 Å². The Balaban J connectivity index is 1.64. The molecular formula is C24H30N2O3S. The molecule has 2 aromatic carbocycles. The minimum atomic E-state index is -3.35. The summed E-state index contributed by atoms with van der Waals surface area (Å²) in [5.74, 6) is 0.159. The minimum absolute atomic E-state index is 0.210. The average Bonchev–Trinajstić information content (AvgIpc) is 3.46. The number of rotatable bonds is 5. The van der Waals surface area contributed by atoms with Gasteiger partial charge in [0, 0.05) is 25.0 Å². The Morgan fingerprint density at radius 3 is 2.33 bits per heavy atom. The number of carbonyl (C=O) groups is 1. The van der Waals surface area contributed by atoms with Gasteiger partial charge in [0.25, 0.3) is 5.91 Å². The Kier molecular flexibility index (Phi) is 5.39. The van der Waals surface area contributed by atoms with Gasteiger partial charge in [0.05, 0.1) is 16.1 Å². The lowest BCUT2D eigenvalue weighted by molar-refractivity contribution is 0.102. The van der Waals surface area contributed by atoms with Gasteiger partial charge in [-0.25, -0.2) is 8.42 Å². The molecule has 1 saturated carbocycles. The maximum absolute atomic E-state index is 13.2. The zero-order chi connectivity index (χ0) is 21.5. The van der Waals surface area contributed by atoms with Gasteiger partial charge in [-0.15, -0.1) is 0 Å². The summed E-state index contributed by atoms with van der Waals surface area (Å²) >= 11 is 0. The zero-order valence-electron chi connectivity index (χ0n) is 17.9. The highest BCUT2D eigenvalue weighted by Gasteiger charge is 2.44. The molecule has 1 aliphatic carbocycles. The van der Waals surface area contributed by atoms with E-state index in [4.69, 9.17) is 0 Å². The fraction of sp³-hybridized carbons (Fsp3) is 0.458. The van der Waals surface area contributed by atoms with Gasteiger partial charge in [-0.05, 0) is 72.9 Å². The smallest absolute Gasteiger partial charge is 0.257 e. The number of nitrogens with one attached hydrogen (secondary N) is 1. The van der Waals surface area contributed by atoms with Crippen LogP contribution in [0.4, 0.5) is 11.4 Å². The van der Waals surface area contributed by atoms with E-state index in [0.29, 0.717) is 22.6 Å². The van der Waals surface area contributed by atoms with Crippen LogP contribution in [0.1, 0.15) is 61.4 Å². The Labute approximate surface area is 179 Å².